The summed E-state index contributed by atoms with van der Waals surface area (Å²) in [6.07, 6.45) is 13.5. The zero-order valence-corrected chi connectivity index (χ0v) is 53.7. The van der Waals surface area contributed by atoms with Gasteiger partial charge in [0.15, 0.2) is 57.5 Å². The van der Waals surface area contributed by atoms with E-state index in [-0.39, 0.29) is 64.7 Å². The second kappa shape index (κ2) is 27.3. The number of aryl methyl sites for hydroxylation is 5. The van der Waals surface area contributed by atoms with Crippen LogP contribution in [0.4, 0.5) is 13.2 Å². The summed E-state index contributed by atoms with van der Waals surface area (Å²) in [4.78, 5) is 78.1. The molecule has 15 aromatic rings. The Hall–Kier alpha value is -12.7. The van der Waals surface area contributed by atoms with Crippen molar-refractivity contribution in [2.24, 2.45) is 21.1 Å². The number of hydrogen-bond acceptors (Lipinski definition) is 19. The molecule has 29 heteroatoms. The second-order valence-corrected chi connectivity index (χ2v) is 22.7. The SMILES string of the molecule is COc1cncnc1-c1cnn(C)c1C(=O)Cc1cc2nc(-c3ccccc3)nn2cc1F.Cc1cc(-c2cnn(C)c2C(=O)Cc2cc3nc(-c4ccccc4)nn3cc2F)nc(C)n1.Cn1ncc(-c2ncncc2Cl)c1C(=O)Cc1cc2nc(-c3ccccc3)nn2cc1F. The number of ether oxygens (including phenoxy) is 1. The quantitative estimate of drug-likeness (QED) is 0.0812. The number of hydrogen-bond donors (Lipinski definition) is 0. The number of benzene rings is 3. The molecule has 0 aliphatic rings. The van der Waals surface area contributed by atoms with E-state index in [1.807, 2.05) is 97.9 Å². The van der Waals surface area contributed by atoms with E-state index in [0.717, 1.165) is 22.4 Å². The Balaban J connectivity index is 0.000000132. The van der Waals surface area contributed by atoms with Crippen LogP contribution in [0.15, 0.2) is 177 Å². The van der Waals surface area contributed by atoms with Crippen LogP contribution in [0.3, 0.4) is 0 Å². The van der Waals surface area contributed by atoms with Gasteiger partial charge in [-0.2, -0.15) is 15.3 Å². The van der Waals surface area contributed by atoms with Gasteiger partial charge in [-0.1, -0.05) is 103 Å². The molecule has 0 spiro atoms. The third-order valence-electron chi connectivity index (χ3n) is 15.6. The number of carbonyl (C=O) groups is 3. The van der Waals surface area contributed by atoms with Gasteiger partial charge in [0.1, 0.15) is 58.7 Å². The zero-order valence-electron chi connectivity index (χ0n) is 52.9. The molecule has 0 aliphatic carbocycles. The number of halogens is 4. The fourth-order valence-corrected chi connectivity index (χ4v) is 11.2. The normalized spacial score (nSPS) is 11.2. The van der Waals surface area contributed by atoms with Crippen LogP contribution in [0.2, 0.25) is 5.02 Å². The Morgan fingerprint density at radius 1 is 0.469 bits per heavy atom. The molecule has 0 fully saturated rings. The molecule has 0 saturated carbocycles. The molecule has 0 aliphatic heterocycles. The van der Waals surface area contributed by atoms with Gasteiger partial charge in [0.05, 0.1) is 78.0 Å². The molecule has 0 saturated heterocycles. The van der Waals surface area contributed by atoms with Crippen molar-refractivity contribution in [2.45, 2.75) is 33.1 Å². The number of nitrogens with zero attached hydrogens (tertiary/aromatic N) is 21. The van der Waals surface area contributed by atoms with Crippen LogP contribution in [0, 0.1) is 31.3 Å². The molecule has 486 valence electrons. The van der Waals surface area contributed by atoms with Crippen molar-refractivity contribution < 1.29 is 32.3 Å². The molecule has 0 atom stereocenters. The summed E-state index contributed by atoms with van der Waals surface area (Å²) < 4.78 is 58.4. The smallest absolute Gasteiger partial charge is 0.186 e. The third-order valence-corrected chi connectivity index (χ3v) is 15.9. The molecule has 25 nitrogen and oxygen atoms in total. The maximum absolute atomic E-state index is 14.9. The van der Waals surface area contributed by atoms with E-state index in [0.29, 0.717) is 90.5 Å². The van der Waals surface area contributed by atoms with Crippen molar-refractivity contribution in [3.63, 3.8) is 0 Å². The number of methoxy groups -OCH3 is 1. The number of aromatic nitrogens is 21. The number of ketones is 3. The first-order chi connectivity index (χ1) is 47.4. The van der Waals surface area contributed by atoms with Crippen molar-refractivity contribution in [1.29, 1.82) is 0 Å². The Kier molecular flexibility index (Phi) is 17.8. The maximum atomic E-state index is 14.9. The molecule has 15 rings (SSSR count). The lowest BCUT2D eigenvalue weighted by atomic mass is 10.0. The molecule has 0 amide bonds. The summed E-state index contributed by atoms with van der Waals surface area (Å²) in [5.41, 5.74) is 9.14. The summed E-state index contributed by atoms with van der Waals surface area (Å²) in [6.45, 7) is 3.66. The van der Waals surface area contributed by atoms with Crippen molar-refractivity contribution in [3.05, 3.63) is 245 Å². The van der Waals surface area contributed by atoms with Gasteiger partial charge in [0.25, 0.3) is 0 Å². The second-order valence-electron chi connectivity index (χ2n) is 22.2. The third kappa shape index (κ3) is 13.2. The number of rotatable bonds is 16. The van der Waals surface area contributed by atoms with Gasteiger partial charge in [0.2, 0.25) is 0 Å². The predicted molar refractivity (Wildman–Crippen MR) is 353 cm³/mol. The van der Waals surface area contributed by atoms with E-state index in [2.05, 4.69) is 75.4 Å². The molecular formula is C69H53ClF3N21O4. The highest BCUT2D eigenvalue weighted by Crippen LogP contribution is 2.33. The standard InChI is InChI=1S/C24H20FN7O.C23H18FN7O2.C22H15ClFN7O/c1-14-9-20(28-15(2)27-14)18-12-26-31(3)23(18)21(33)10-17-11-22-29-24(16-7-5-4-6-8-16)30-32(22)13-19(17)25;1-30-22(16(10-27-30)21-19(33-2)11-25-13-26-21)18(32)8-15-9-20-28-23(14-6-4-3-5-7-14)29-31(20)12-17(15)24;1-30-21(15(9-27-30)20-16(23)10-25-12-26-20)18(32)7-14-8-19-28-22(13-5-3-2-4-6-13)29-31(19)11-17(14)24/h4-9,11-13H,10H2,1-3H3;3-7,9-13H,8H2,1-2H3;2-6,8-12H,7H2,1H3. The molecular weight excluding hydrogens is 1280 g/mol. The molecule has 0 N–H and O–H groups in total. The first kappa shape index (κ1) is 64.0. The van der Waals surface area contributed by atoms with Crippen LogP contribution >= 0.6 is 11.6 Å². The number of Topliss-reactive ketones (excluding diaryl/α,β-unsaturated/α-hetero) is 3. The lowest BCUT2D eigenvalue weighted by Crippen LogP contribution is -2.13. The lowest BCUT2D eigenvalue weighted by Gasteiger charge is -2.09. The van der Waals surface area contributed by atoms with Gasteiger partial charge < -0.3 is 4.74 Å². The monoisotopic (exact) mass is 1330 g/mol. The molecule has 0 unspecified atom stereocenters. The fourth-order valence-electron chi connectivity index (χ4n) is 11.0. The summed E-state index contributed by atoms with van der Waals surface area (Å²) in [5, 5.41) is 25.9. The summed E-state index contributed by atoms with van der Waals surface area (Å²) in [6, 6.07) is 34.7. The van der Waals surface area contributed by atoms with Crippen molar-refractivity contribution in [3.8, 4) is 73.7 Å². The Bertz CT molecular complexity index is 5500. The minimum Gasteiger partial charge on any atom is -0.493 e. The minimum atomic E-state index is -0.556. The van der Waals surface area contributed by atoms with Crippen LogP contribution in [0.25, 0.3) is 84.9 Å². The Labute approximate surface area is 559 Å². The summed E-state index contributed by atoms with van der Waals surface area (Å²) >= 11 is 6.20. The van der Waals surface area contributed by atoms with E-state index in [1.54, 1.807) is 46.4 Å². The highest BCUT2D eigenvalue weighted by atomic mass is 35.5. The van der Waals surface area contributed by atoms with Gasteiger partial charge in [0, 0.05) is 91.2 Å². The van der Waals surface area contributed by atoms with Crippen molar-refractivity contribution >= 4 is 45.9 Å². The predicted octanol–water partition coefficient (Wildman–Crippen LogP) is 10.7. The fraction of sp³-hybridized carbons (Fsp3) is 0.130. The van der Waals surface area contributed by atoms with Crippen LogP contribution in [0.5, 0.6) is 5.75 Å². The number of pyridine rings is 3. The highest BCUT2D eigenvalue weighted by Gasteiger charge is 2.27. The van der Waals surface area contributed by atoms with E-state index in [9.17, 15) is 27.6 Å². The van der Waals surface area contributed by atoms with Crippen LogP contribution < -0.4 is 4.74 Å². The minimum absolute atomic E-state index is 0.147. The average Bonchev–Trinajstić information content (AvgIpc) is 1.62. The number of carbonyl (C=O) groups excluding carboxylic acids is 3. The van der Waals surface area contributed by atoms with Gasteiger partial charge >= 0.3 is 0 Å². The molecule has 98 heavy (non-hydrogen) atoms. The Morgan fingerprint density at radius 2 is 0.847 bits per heavy atom. The van der Waals surface area contributed by atoms with Gasteiger partial charge in [-0.3, -0.25) is 28.4 Å². The van der Waals surface area contributed by atoms with E-state index in [1.165, 1.54) is 103 Å². The molecule has 12 aromatic heterocycles. The van der Waals surface area contributed by atoms with Crippen LogP contribution in [0.1, 0.15) is 59.7 Å². The van der Waals surface area contributed by atoms with Crippen molar-refractivity contribution in [1.82, 2.24) is 103 Å². The summed E-state index contributed by atoms with van der Waals surface area (Å²) in [5.74, 6) is -0.122. The molecule has 0 bridgehead atoms. The first-order valence-electron chi connectivity index (χ1n) is 30.0. The Morgan fingerprint density at radius 3 is 1.24 bits per heavy atom. The largest absolute Gasteiger partial charge is 0.493 e. The van der Waals surface area contributed by atoms with Crippen LogP contribution in [-0.2, 0) is 40.4 Å². The molecule has 12 heterocycles. The van der Waals surface area contributed by atoms with E-state index >= 15 is 0 Å². The van der Waals surface area contributed by atoms with Crippen LogP contribution in [-0.4, -0.2) is 127 Å². The van der Waals surface area contributed by atoms with E-state index < -0.39 is 17.5 Å². The van der Waals surface area contributed by atoms with Gasteiger partial charge in [-0.15, -0.1) is 15.3 Å². The van der Waals surface area contributed by atoms with Gasteiger partial charge in [-0.05, 0) is 38.1 Å². The number of fused-ring (bicyclic) bond motifs is 3. The first-order valence-corrected chi connectivity index (χ1v) is 30.4. The molecule has 3 aromatic carbocycles. The maximum Gasteiger partial charge on any atom is 0.186 e. The lowest BCUT2D eigenvalue weighted by molar-refractivity contribution is 0.0975. The van der Waals surface area contributed by atoms with Gasteiger partial charge in [-0.25, -0.2) is 71.6 Å². The topological polar surface area (TPSA) is 282 Å². The highest BCUT2D eigenvalue weighted by molar-refractivity contribution is 6.33. The molecule has 0 radical (unpaired) electrons. The zero-order chi connectivity index (χ0) is 68.3. The summed E-state index contributed by atoms with van der Waals surface area (Å²) in [7, 11) is 6.46. The average molecular weight is 1330 g/mol. The van der Waals surface area contributed by atoms with Crippen molar-refractivity contribution in [2.75, 3.05) is 7.11 Å². The van der Waals surface area contributed by atoms with E-state index in [4.69, 9.17) is 16.3 Å².